The number of nitrogens with zero attached hydrogens (tertiary/aromatic N) is 3. The highest BCUT2D eigenvalue weighted by Gasteiger charge is 2.48. The summed E-state index contributed by atoms with van der Waals surface area (Å²) in [7, 11) is 1.50. The van der Waals surface area contributed by atoms with Gasteiger partial charge in [-0.1, -0.05) is 71.1 Å². The summed E-state index contributed by atoms with van der Waals surface area (Å²) in [5, 5.41) is 20.4. The minimum Gasteiger partial charge on any atom is -0.507 e. The third-order valence-corrected chi connectivity index (χ3v) is 9.87. The summed E-state index contributed by atoms with van der Waals surface area (Å²) in [4.78, 5) is 28.7. The summed E-state index contributed by atoms with van der Waals surface area (Å²) in [6.45, 7) is 4.63. The van der Waals surface area contributed by atoms with E-state index in [4.69, 9.17) is 14.2 Å². The van der Waals surface area contributed by atoms with Crippen LogP contribution in [0.25, 0.3) is 5.76 Å². The standard InChI is InChI=1S/C37H32FN3O6S2/c1-4-46-29-17-12-26(19-30(29)45-3)32-31(33(42)25-10-15-28(16-11-25)47-20-24-7-5-6-22(2)18-24)34(43)35(44)41(32)36-39-40-37(49-36)48-21-23-8-13-27(38)14-9-23/h5-19,32,42H,4,20-21H2,1-3H3. The first kappa shape index (κ1) is 33.7. The van der Waals surface area contributed by atoms with Gasteiger partial charge in [0.2, 0.25) is 5.13 Å². The number of carbonyl (C=O) groups excluding carboxylic acids is 2. The molecule has 0 radical (unpaired) electrons. The van der Waals surface area contributed by atoms with E-state index in [0.29, 0.717) is 51.7 Å². The molecule has 0 bridgehead atoms. The smallest absolute Gasteiger partial charge is 0.301 e. The highest BCUT2D eigenvalue weighted by Crippen LogP contribution is 2.45. The second-order valence-corrected chi connectivity index (χ2v) is 13.3. The molecule has 6 rings (SSSR count). The fourth-order valence-electron chi connectivity index (χ4n) is 5.39. The Kier molecular flexibility index (Phi) is 10.3. The van der Waals surface area contributed by atoms with Gasteiger partial charge in [-0.3, -0.25) is 14.5 Å². The van der Waals surface area contributed by atoms with Crippen molar-refractivity contribution in [1.29, 1.82) is 0 Å². The van der Waals surface area contributed by atoms with Crippen LogP contribution < -0.4 is 19.1 Å². The number of thioether (sulfide) groups is 1. The maximum Gasteiger partial charge on any atom is 0.301 e. The number of Topliss-reactive ketones (excluding diaryl/α,β-unsaturated/α-hetero) is 1. The average Bonchev–Trinajstić information content (AvgIpc) is 3.68. The van der Waals surface area contributed by atoms with E-state index in [0.717, 1.165) is 28.0 Å². The van der Waals surface area contributed by atoms with Crippen molar-refractivity contribution in [1.82, 2.24) is 10.2 Å². The van der Waals surface area contributed by atoms with Gasteiger partial charge in [0.25, 0.3) is 5.78 Å². The number of benzene rings is 4. The van der Waals surface area contributed by atoms with E-state index in [9.17, 15) is 19.1 Å². The largest absolute Gasteiger partial charge is 0.507 e. The van der Waals surface area contributed by atoms with Crippen LogP contribution in [-0.2, 0) is 21.9 Å². The van der Waals surface area contributed by atoms with Gasteiger partial charge < -0.3 is 19.3 Å². The molecule has 9 nitrogen and oxygen atoms in total. The van der Waals surface area contributed by atoms with Crippen LogP contribution in [0.1, 0.15) is 40.8 Å². The van der Waals surface area contributed by atoms with Crippen molar-refractivity contribution in [2.45, 2.75) is 36.6 Å². The van der Waals surface area contributed by atoms with Crippen LogP contribution in [0.2, 0.25) is 0 Å². The summed E-state index contributed by atoms with van der Waals surface area (Å²) in [6.07, 6.45) is 0. The first-order valence-electron chi connectivity index (χ1n) is 15.4. The molecule has 12 heteroatoms. The van der Waals surface area contributed by atoms with Gasteiger partial charge in [0.05, 0.1) is 25.3 Å². The van der Waals surface area contributed by atoms with E-state index in [1.165, 1.54) is 35.9 Å². The zero-order chi connectivity index (χ0) is 34.5. The van der Waals surface area contributed by atoms with Crippen molar-refractivity contribution in [2.75, 3.05) is 18.6 Å². The zero-order valence-corrected chi connectivity index (χ0v) is 28.5. The van der Waals surface area contributed by atoms with Crippen molar-refractivity contribution in [3.8, 4) is 17.2 Å². The molecular formula is C37H32FN3O6S2. The van der Waals surface area contributed by atoms with E-state index in [1.807, 2.05) is 38.1 Å². The Morgan fingerprint density at radius 2 is 1.71 bits per heavy atom. The SMILES string of the molecule is CCOc1ccc(C2C(=C(O)c3ccc(OCc4cccc(C)c4)cc3)C(=O)C(=O)N2c2nnc(SCc3ccc(F)cc3)s2)cc1OC. The minimum absolute atomic E-state index is 0.111. The van der Waals surface area contributed by atoms with Crippen molar-refractivity contribution in [3.63, 3.8) is 0 Å². The monoisotopic (exact) mass is 697 g/mol. The van der Waals surface area contributed by atoms with Gasteiger partial charge in [0.1, 0.15) is 23.9 Å². The van der Waals surface area contributed by atoms with Crippen LogP contribution in [0.3, 0.4) is 0 Å². The van der Waals surface area contributed by atoms with Gasteiger partial charge >= 0.3 is 5.91 Å². The minimum atomic E-state index is -1.05. The highest BCUT2D eigenvalue weighted by molar-refractivity contribution is 8.00. The number of rotatable bonds is 12. The molecule has 2 heterocycles. The zero-order valence-electron chi connectivity index (χ0n) is 26.9. The first-order valence-corrected chi connectivity index (χ1v) is 17.2. The molecular weight excluding hydrogens is 666 g/mol. The first-order chi connectivity index (χ1) is 23.7. The topological polar surface area (TPSA) is 111 Å². The number of aromatic nitrogens is 2. The number of aliphatic hydroxyl groups excluding tert-OH is 1. The van der Waals surface area contributed by atoms with Crippen molar-refractivity contribution in [3.05, 3.63) is 130 Å². The number of anilines is 1. The second kappa shape index (κ2) is 14.9. The number of aliphatic hydroxyl groups is 1. The fraction of sp³-hybridized carbons (Fsp3) is 0.189. The van der Waals surface area contributed by atoms with Gasteiger partial charge in [0, 0.05) is 11.3 Å². The van der Waals surface area contributed by atoms with Gasteiger partial charge in [-0.05, 0) is 79.1 Å². The third kappa shape index (κ3) is 7.45. The van der Waals surface area contributed by atoms with Crippen molar-refractivity contribution in [2.24, 2.45) is 0 Å². The molecule has 1 N–H and O–H groups in total. The number of ketones is 1. The molecule has 0 aliphatic carbocycles. The van der Waals surface area contributed by atoms with E-state index in [2.05, 4.69) is 10.2 Å². The summed E-state index contributed by atoms with van der Waals surface area (Å²) >= 11 is 2.51. The van der Waals surface area contributed by atoms with Crippen molar-refractivity contribution >= 4 is 45.7 Å². The number of aryl methyl sites for hydroxylation is 1. The molecule has 0 spiro atoms. The van der Waals surface area contributed by atoms with E-state index in [1.54, 1.807) is 54.6 Å². The summed E-state index contributed by atoms with van der Waals surface area (Å²) < 4.78 is 31.1. The number of ether oxygens (including phenoxy) is 3. The lowest BCUT2D eigenvalue weighted by Crippen LogP contribution is -2.29. The number of halogens is 1. The molecule has 4 aromatic carbocycles. The Morgan fingerprint density at radius 1 is 0.939 bits per heavy atom. The fourth-order valence-corrected chi connectivity index (χ4v) is 7.21. The molecule has 0 saturated carbocycles. The molecule has 250 valence electrons. The Hall–Kier alpha value is -5.20. The van der Waals surface area contributed by atoms with E-state index >= 15 is 0 Å². The normalized spacial score (nSPS) is 15.4. The molecule has 1 aromatic heterocycles. The molecule has 1 aliphatic heterocycles. The maximum absolute atomic E-state index is 13.7. The Bertz CT molecular complexity index is 2010. The number of amides is 1. The van der Waals surface area contributed by atoms with Gasteiger partial charge in [0.15, 0.2) is 15.8 Å². The average molecular weight is 698 g/mol. The van der Waals surface area contributed by atoms with E-state index in [-0.39, 0.29) is 22.3 Å². The predicted octanol–water partition coefficient (Wildman–Crippen LogP) is 7.89. The van der Waals surface area contributed by atoms with Crippen molar-refractivity contribution < 1.29 is 33.3 Å². The van der Waals surface area contributed by atoms with Gasteiger partial charge in [-0.25, -0.2) is 4.39 Å². The third-order valence-electron chi connectivity index (χ3n) is 7.74. The highest BCUT2D eigenvalue weighted by atomic mass is 32.2. The van der Waals surface area contributed by atoms with Crippen LogP contribution in [0.4, 0.5) is 9.52 Å². The molecule has 1 aliphatic rings. The van der Waals surface area contributed by atoms with Gasteiger partial charge in [-0.2, -0.15) is 0 Å². The molecule has 1 atom stereocenters. The van der Waals surface area contributed by atoms with Crippen LogP contribution in [0.5, 0.6) is 17.2 Å². The maximum atomic E-state index is 13.7. The van der Waals surface area contributed by atoms with E-state index < -0.39 is 17.7 Å². The lowest BCUT2D eigenvalue weighted by atomic mass is 9.95. The molecule has 1 unspecified atom stereocenters. The lowest BCUT2D eigenvalue weighted by molar-refractivity contribution is -0.132. The quantitative estimate of drug-likeness (QED) is 0.0458. The summed E-state index contributed by atoms with van der Waals surface area (Å²) in [6, 6.07) is 24.9. The molecule has 1 amide bonds. The van der Waals surface area contributed by atoms with Crippen LogP contribution in [0.15, 0.2) is 101 Å². The number of hydrogen-bond acceptors (Lipinski definition) is 10. The Labute approximate surface area is 291 Å². The molecule has 1 fully saturated rings. The van der Waals surface area contributed by atoms with Gasteiger partial charge in [-0.15, -0.1) is 10.2 Å². The number of hydrogen-bond donors (Lipinski definition) is 1. The number of methoxy groups -OCH3 is 1. The predicted molar refractivity (Wildman–Crippen MR) is 187 cm³/mol. The van der Waals surface area contributed by atoms with Crippen LogP contribution in [-0.4, -0.2) is 40.7 Å². The molecule has 49 heavy (non-hydrogen) atoms. The Balaban J connectivity index is 1.34. The Morgan fingerprint density at radius 3 is 2.43 bits per heavy atom. The lowest BCUT2D eigenvalue weighted by Gasteiger charge is -2.23. The van der Waals surface area contributed by atoms with Crippen LogP contribution >= 0.6 is 23.1 Å². The van der Waals surface area contributed by atoms with Crippen LogP contribution in [0, 0.1) is 12.7 Å². The molecule has 5 aromatic rings. The summed E-state index contributed by atoms with van der Waals surface area (Å²) in [5.41, 5.74) is 3.75. The second-order valence-electron chi connectivity index (χ2n) is 11.1. The number of carbonyl (C=O) groups is 2. The summed E-state index contributed by atoms with van der Waals surface area (Å²) in [5.74, 6) is -0.441. The molecule has 1 saturated heterocycles.